The van der Waals surface area contributed by atoms with Crippen LogP contribution in [0.1, 0.15) is 5.56 Å². The number of hydrogen-bond acceptors (Lipinski definition) is 8. The predicted molar refractivity (Wildman–Crippen MR) is 124 cm³/mol. The van der Waals surface area contributed by atoms with E-state index in [-0.39, 0.29) is 0 Å². The van der Waals surface area contributed by atoms with Crippen molar-refractivity contribution in [3.8, 4) is 34.2 Å². The number of hydrogen-bond donors (Lipinski definition) is 1. The molecule has 0 unspecified atom stereocenters. The fourth-order valence-electron chi connectivity index (χ4n) is 3.62. The third-order valence-corrected chi connectivity index (χ3v) is 5.28. The number of anilines is 1. The van der Waals surface area contributed by atoms with Crippen molar-refractivity contribution in [2.75, 3.05) is 19.5 Å². The number of aryl methyl sites for hydroxylation is 1. The molecule has 5 aromatic rings. The molecule has 0 aliphatic heterocycles. The lowest BCUT2D eigenvalue weighted by atomic mass is 10.1. The Kier molecular flexibility index (Phi) is 5.34. The maximum absolute atomic E-state index is 11.4. The fraction of sp³-hybridized carbons (Fsp3) is 0.130. The number of ether oxygens (including phenoxy) is 2. The van der Waals surface area contributed by atoms with Crippen LogP contribution in [0.15, 0.2) is 61.4 Å². The van der Waals surface area contributed by atoms with E-state index in [1.807, 2.05) is 40.3 Å². The monoisotopic (exact) mass is 456 g/mol. The van der Waals surface area contributed by atoms with Crippen LogP contribution < -0.4 is 10.1 Å². The largest absolute Gasteiger partial charge is 0.481 e. The van der Waals surface area contributed by atoms with Gasteiger partial charge in [0, 0.05) is 29.6 Å². The minimum Gasteiger partial charge on any atom is -0.481 e. The van der Waals surface area contributed by atoms with Crippen molar-refractivity contribution in [3.05, 3.63) is 67.0 Å². The van der Waals surface area contributed by atoms with Crippen LogP contribution in [0.4, 0.5) is 10.6 Å². The minimum atomic E-state index is -0.577. The molecular weight excluding hydrogens is 436 g/mol. The smallest absolute Gasteiger partial charge is 0.412 e. The second kappa shape index (κ2) is 8.62. The summed E-state index contributed by atoms with van der Waals surface area (Å²) in [7, 11) is 2.87. The molecule has 0 aromatic carbocycles. The lowest BCUT2D eigenvalue weighted by Crippen LogP contribution is -2.11. The molecule has 0 fully saturated rings. The number of imidazole rings is 1. The van der Waals surface area contributed by atoms with Crippen LogP contribution in [-0.4, -0.2) is 54.4 Å². The SMILES string of the molecule is COC(=O)Nc1ccc(-c2cnc3c(C)cc(-c4nncn4-c4ccc(OC)nc4)cn23)cn1. The Morgan fingerprint density at radius 2 is 1.88 bits per heavy atom. The van der Waals surface area contributed by atoms with E-state index in [1.165, 1.54) is 7.11 Å². The second-order valence-electron chi connectivity index (χ2n) is 7.38. The Morgan fingerprint density at radius 1 is 1.00 bits per heavy atom. The lowest BCUT2D eigenvalue weighted by molar-refractivity contribution is 0.187. The molecule has 0 aliphatic carbocycles. The third-order valence-electron chi connectivity index (χ3n) is 5.28. The van der Waals surface area contributed by atoms with Crippen LogP contribution in [0.2, 0.25) is 0 Å². The van der Waals surface area contributed by atoms with E-state index in [1.54, 1.807) is 44.2 Å². The summed E-state index contributed by atoms with van der Waals surface area (Å²) in [6.07, 6.45) is 8.19. The van der Waals surface area contributed by atoms with Gasteiger partial charge in [-0.1, -0.05) is 0 Å². The summed E-state index contributed by atoms with van der Waals surface area (Å²) < 4.78 is 13.6. The molecule has 5 rings (SSSR count). The summed E-state index contributed by atoms with van der Waals surface area (Å²) in [6.45, 7) is 1.99. The third kappa shape index (κ3) is 3.79. The molecule has 0 radical (unpaired) electrons. The van der Waals surface area contributed by atoms with Gasteiger partial charge in [-0.2, -0.15) is 0 Å². The summed E-state index contributed by atoms with van der Waals surface area (Å²) in [5, 5.41) is 11.0. The molecule has 11 nitrogen and oxygen atoms in total. The van der Waals surface area contributed by atoms with Crippen LogP contribution >= 0.6 is 0 Å². The van der Waals surface area contributed by atoms with E-state index in [4.69, 9.17) is 4.74 Å². The summed E-state index contributed by atoms with van der Waals surface area (Å²) >= 11 is 0. The lowest BCUT2D eigenvalue weighted by Gasteiger charge is -2.10. The molecule has 0 saturated carbocycles. The highest BCUT2D eigenvalue weighted by atomic mass is 16.5. The van der Waals surface area contributed by atoms with Crippen LogP contribution in [-0.2, 0) is 4.74 Å². The highest BCUT2D eigenvalue weighted by Gasteiger charge is 2.15. The van der Waals surface area contributed by atoms with Crippen LogP contribution in [0, 0.1) is 6.92 Å². The molecule has 5 aromatic heterocycles. The van der Waals surface area contributed by atoms with Gasteiger partial charge < -0.3 is 9.47 Å². The quantitative estimate of drug-likeness (QED) is 0.426. The highest BCUT2D eigenvalue weighted by molar-refractivity contribution is 5.83. The van der Waals surface area contributed by atoms with E-state index in [2.05, 4.69) is 35.2 Å². The topological polar surface area (TPSA) is 121 Å². The van der Waals surface area contributed by atoms with E-state index in [0.29, 0.717) is 17.5 Å². The molecule has 170 valence electrons. The van der Waals surface area contributed by atoms with Crippen LogP contribution in [0.5, 0.6) is 5.88 Å². The van der Waals surface area contributed by atoms with Gasteiger partial charge in [0.15, 0.2) is 5.82 Å². The minimum absolute atomic E-state index is 0.391. The number of carbonyl (C=O) groups excluding carboxylic acids is 1. The Balaban J connectivity index is 1.55. The normalized spacial score (nSPS) is 10.9. The zero-order chi connectivity index (χ0) is 23.7. The van der Waals surface area contributed by atoms with Gasteiger partial charge in [0.1, 0.15) is 17.8 Å². The van der Waals surface area contributed by atoms with Gasteiger partial charge in [0.05, 0.1) is 38.0 Å². The average Bonchev–Trinajstić information content (AvgIpc) is 3.52. The fourth-order valence-corrected chi connectivity index (χ4v) is 3.62. The van der Waals surface area contributed by atoms with Crippen molar-refractivity contribution in [2.24, 2.45) is 0 Å². The number of rotatable bonds is 5. The van der Waals surface area contributed by atoms with Crippen LogP contribution in [0.25, 0.3) is 34.0 Å². The summed E-state index contributed by atoms with van der Waals surface area (Å²) in [5.41, 5.74) is 5.13. The van der Waals surface area contributed by atoms with E-state index in [0.717, 1.165) is 33.7 Å². The molecule has 0 atom stereocenters. The molecule has 11 heteroatoms. The number of fused-ring (bicyclic) bond motifs is 1. The van der Waals surface area contributed by atoms with Gasteiger partial charge in [0.2, 0.25) is 5.88 Å². The molecule has 1 amide bonds. The first-order chi connectivity index (χ1) is 16.6. The molecule has 34 heavy (non-hydrogen) atoms. The Hall–Kier alpha value is -4.80. The van der Waals surface area contributed by atoms with Gasteiger partial charge in [-0.05, 0) is 36.8 Å². The standard InChI is InChI=1S/C23H20N8O3/c1-14-8-16(22-29-27-13-31(22)17-5-7-20(33-2)25-10-17)12-30-18(11-26-21(14)30)15-4-6-19(24-9-15)28-23(32)34-3/h4-13H,1-3H3,(H,24,28,32). The van der Waals surface area contributed by atoms with Gasteiger partial charge in [-0.15, -0.1) is 10.2 Å². The molecule has 1 N–H and O–H groups in total. The zero-order valence-corrected chi connectivity index (χ0v) is 18.6. The Bertz CT molecular complexity index is 1470. The number of pyridine rings is 3. The van der Waals surface area contributed by atoms with Crippen molar-refractivity contribution >= 4 is 17.6 Å². The van der Waals surface area contributed by atoms with Crippen molar-refractivity contribution < 1.29 is 14.3 Å². The summed E-state index contributed by atoms with van der Waals surface area (Å²) in [5.74, 6) is 1.58. The van der Waals surface area contributed by atoms with Gasteiger partial charge >= 0.3 is 6.09 Å². The number of methoxy groups -OCH3 is 2. The van der Waals surface area contributed by atoms with E-state index in [9.17, 15) is 4.79 Å². The van der Waals surface area contributed by atoms with Gasteiger partial charge in [-0.3, -0.25) is 14.3 Å². The number of amides is 1. The highest BCUT2D eigenvalue weighted by Crippen LogP contribution is 2.28. The second-order valence-corrected chi connectivity index (χ2v) is 7.38. The number of carbonyl (C=O) groups is 1. The number of nitrogens with one attached hydrogen (secondary N) is 1. The van der Waals surface area contributed by atoms with E-state index < -0.39 is 6.09 Å². The number of nitrogens with zero attached hydrogens (tertiary/aromatic N) is 7. The van der Waals surface area contributed by atoms with Gasteiger partial charge in [0.25, 0.3) is 0 Å². The number of aromatic nitrogens is 7. The first-order valence-electron chi connectivity index (χ1n) is 10.3. The maximum atomic E-state index is 11.4. The molecule has 0 saturated heterocycles. The first kappa shape index (κ1) is 21.1. The van der Waals surface area contributed by atoms with Gasteiger partial charge in [-0.25, -0.2) is 19.7 Å². The summed E-state index contributed by atoms with van der Waals surface area (Å²) in [6, 6.07) is 9.26. The average molecular weight is 456 g/mol. The maximum Gasteiger partial charge on any atom is 0.412 e. The van der Waals surface area contributed by atoms with E-state index >= 15 is 0 Å². The zero-order valence-electron chi connectivity index (χ0n) is 18.6. The molecule has 5 heterocycles. The molecule has 0 spiro atoms. The van der Waals surface area contributed by atoms with Crippen molar-refractivity contribution in [1.29, 1.82) is 0 Å². The predicted octanol–water partition coefficient (Wildman–Crippen LogP) is 3.53. The molecule has 0 bridgehead atoms. The summed E-state index contributed by atoms with van der Waals surface area (Å²) in [4.78, 5) is 24.6. The first-order valence-corrected chi connectivity index (χ1v) is 10.3. The Labute approximate surface area is 194 Å². The Morgan fingerprint density at radius 3 is 2.59 bits per heavy atom. The van der Waals surface area contributed by atoms with Crippen molar-refractivity contribution in [3.63, 3.8) is 0 Å². The van der Waals surface area contributed by atoms with Crippen LogP contribution in [0.3, 0.4) is 0 Å². The van der Waals surface area contributed by atoms with Crippen molar-refractivity contribution in [2.45, 2.75) is 6.92 Å². The van der Waals surface area contributed by atoms with Crippen molar-refractivity contribution in [1.82, 2.24) is 34.1 Å². The molecule has 0 aliphatic rings. The molecular formula is C23H20N8O3.